The molecule has 2 aromatic carbocycles. The largest absolute Gasteiger partial charge is 0.383 e. The van der Waals surface area contributed by atoms with Crippen molar-refractivity contribution in [2.75, 3.05) is 13.7 Å². The van der Waals surface area contributed by atoms with E-state index in [1.54, 1.807) is 13.3 Å². The molecule has 0 saturated heterocycles. The molecule has 0 aliphatic heterocycles. The first-order chi connectivity index (χ1) is 12.3. The van der Waals surface area contributed by atoms with Gasteiger partial charge in [0.25, 0.3) is 5.91 Å². The molecule has 1 amide bonds. The molecule has 0 atom stereocenters. The van der Waals surface area contributed by atoms with Gasteiger partial charge < -0.3 is 14.3 Å². The van der Waals surface area contributed by atoms with Crippen molar-refractivity contribution < 1.29 is 9.53 Å². The Morgan fingerprint density at radius 2 is 2.00 bits per heavy atom. The second kappa shape index (κ2) is 6.66. The minimum Gasteiger partial charge on any atom is -0.383 e. The number of aromatic amines is 1. The molecule has 0 spiro atoms. The van der Waals surface area contributed by atoms with Crippen LogP contribution in [0, 0.1) is 0 Å². The Balaban J connectivity index is 1.84. The van der Waals surface area contributed by atoms with Crippen LogP contribution in [0.2, 0.25) is 0 Å². The average molecular weight is 351 g/mol. The molecule has 0 bridgehead atoms. The number of methoxy groups -OCH3 is 1. The van der Waals surface area contributed by atoms with Gasteiger partial charge >= 0.3 is 0 Å². The maximum Gasteiger partial charge on any atom is 0.281 e. The predicted octanol–water partition coefficient (Wildman–Crippen LogP) is 3.57. The Morgan fingerprint density at radius 1 is 1.20 bits per heavy atom. The Kier molecular flexibility index (Phi) is 4.21. The fraction of sp³-hybridized carbons (Fsp3) is 0.158. The highest BCUT2D eigenvalue weighted by Gasteiger charge is 2.12. The van der Waals surface area contributed by atoms with Gasteiger partial charge in [0.1, 0.15) is 0 Å². The lowest BCUT2D eigenvalue weighted by atomic mass is 10.2. The lowest BCUT2D eigenvalue weighted by molar-refractivity contribution is 0.0999. The minimum absolute atomic E-state index is 0.241. The van der Waals surface area contributed by atoms with Crippen LogP contribution < -0.4 is 4.80 Å². The Bertz CT molecular complexity index is 1120. The number of carbonyl (C=O) groups is 1. The van der Waals surface area contributed by atoms with Gasteiger partial charge in [0.05, 0.1) is 22.4 Å². The van der Waals surface area contributed by atoms with E-state index in [1.165, 1.54) is 11.3 Å². The number of hydrogen-bond donors (Lipinski definition) is 1. The first kappa shape index (κ1) is 15.8. The molecule has 0 fully saturated rings. The van der Waals surface area contributed by atoms with E-state index in [-0.39, 0.29) is 5.91 Å². The van der Waals surface area contributed by atoms with Crippen LogP contribution in [-0.2, 0) is 11.3 Å². The molecule has 0 unspecified atom stereocenters. The first-order valence-electron chi connectivity index (χ1n) is 8.00. The van der Waals surface area contributed by atoms with Crippen molar-refractivity contribution in [2.24, 2.45) is 4.99 Å². The summed E-state index contributed by atoms with van der Waals surface area (Å²) in [5.74, 6) is -0.241. The standard InChI is InChI=1S/C19H17N3O2S/c1-24-11-10-22-16-8-4-5-9-17(16)25-19(22)21-18(23)14-12-20-15-7-3-2-6-13(14)15/h2-9,12,20H,10-11H2,1H3. The van der Waals surface area contributed by atoms with E-state index in [0.29, 0.717) is 23.5 Å². The molecule has 0 aliphatic carbocycles. The highest BCUT2D eigenvalue weighted by atomic mass is 32.1. The summed E-state index contributed by atoms with van der Waals surface area (Å²) >= 11 is 1.52. The van der Waals surface area contributed by atoms with Crippen molar-refractivity contribution >= 4 is 38.4 Å². The molecule has 25 heavy (non-hydrogen) atoms. The molecule has 2 aromatic heterocycles. The van der Waals surface area contributed by atoms with Gasteiger partial charge in [-0.3, -0.25) is 4.79 Å². The number of ether oxygens (including phenoxy) is 1. The Labute approximate surface area is 148 Å². The smallest absolute Gasteiger partial charge is 0.281 e. The SMILES string of the molecule is COCCn1c(=NC(=O)c2c[nH]c3ccccc23)sc2ccccc21. The molecule has 2 heterocycles. The normalized spacial score (nSPS) is 12.3. The summed E-state index contributed by atoms with van der Waals surface area (Å²) in [6, 6.07) is 15.8. The molecule has 6 heteroatoms. The Hall–Kier alpha value is -2.70. The molecule has 1 N–H and O–H groups in total. The molecule has 5 nitrogen and oxygen atoms in total. The topological polar surface area (TPSA) is 59.4 Å². The second-order valence-electron chi connectivity index (χ2n) is 5.66. The van der Waals surface area contributed by atoms with E-state index in [4.69, 9.17) is 4.74 Å². The summed E-state index contributed by atoms with van der Waals surface area (Å²) in [6.07, 6.45) is 1.73. The van der Waals surface area contributed by atoms with Crippen LogP contribution in [0.25, 0.3) is 21.1 Å². The van der Waals surface area contributed by atoms with Crippen LogP contribution >= 0.6 is 11.3 Å². The number of carbonyl (C=O) groups excluding carboxylic acids is 1. The lowest BCUT2D eigenvalue weighted by Gasteiger charge is -2.03. The third-order valence-corrected chi connectivity index (χ3v) is 5.18. The summed E-state index contributed by atoms with van der Waals surface area (Å²) < 4.78 is 8.35. The molecule has 4 rings (SSSR count). The number of amides is 1. The van der Waals surface area contributed by atoms with Crippen molar-refractivity contribution in [2.45, 2.75) is 6.54 Å². The number of para-hydroxylation sites is 2. The maximum absolute atomic E-state index is 12.8. The van der Waals surface area contributed by atoms with Gasteiger partial charge in [0, 0.05) is 30.8 Å². The van der Waals surface area contributed by atoms with E-state index < -0.39 is 0 Å². The van der Waals surface area contributed by atoms with Crippen molar-refractivity contribution in [1.29, 1.82) is 0 Å². The van der Waals surface area contributed by atoms with E-state index >= 15 is 0 Å². The van der Waals surface area contributed by atoms with Crippen LogP contribution in [0.3, 0.4) is 0 Å². The van der Waals surface area contributed by atoms with Gasteiger partial charge in [-0.2, -0.15) is 4.99 Å². The van der Waals surface area contributed by atoms with E-state index in [1.807, 2.05) is 53.1 Å². The zero-order valence-electron chi connectivity index (χ0n) is 13.7. The van der Waals surface area contributed by atoms with Crippen LogP contribution in [0.15, 0.2) is 59.7 Å². The van der Waals surface area contributed by atoms with Gasteiger partial charge in [-0.15, -0.1) is 0 Å². The van der Waals surface area contributed by atoms with Gasteiger partial charge in [-0.05, 0) is 18.2 Å². The number of benzene rings is 2. The van der Waals surface area contributed by atoms with Gasteiger partial charge in [0.15, 0.2) is 4.80 Å². The predicted molar refractivity (Wildman–Crippen MR) is 99.9 cm³/mol. The molecule has 126 valence electrons. The van der Waals surface area contributed by atoms with Crippen molar-refractivity contribution in [1.82, 2.24) is 9.55 Å². The second-order valence-corrected chi connectivity index (χ2v) is 6.67. The number of hydrogen-bond acceptors (Lipinski definition) is 3. The summed E-state index contributed by atoms with van der Waals surface area (Å²) in [5.41, 5.74) is 2.59. The molecule has 0 radical (unpaired) electrons. The van der Waals surface area contributed by atoms with Gasteiger partial charge in [0.2, 0.25) is 0 Å². The van der Waals surface area contributed by atoms with E-state index in [2.05, 4.69) is 9.98 Å². The van der Waals surface area contributed by atoms with E-state index in [0.717, 1.165) is 21.1 Å². The fourth-order valence-electron chi connectivity index (χ4n) is 2.90. The Morgan fingerprint density at radius 3 is 2.88 bits per heavy atom. The number of aromatic nitrogens is 2. The third-order valence-electron chi connectivity index (χ3n) is 4.12. The highest BCUT2D eigenvalue weighted by Crippen LogP contribution is 2.19. The molecule has 0 saturated carbocycles. The average Bonchev–Trinajstić information content (AvgIpc) is 3.21. The maximum atomic E-state index is 12.8. The number of rotatable bonds is 4. The summed E-state index contributed by atoms with van der Waals surface area (Å²) in [4.78, 5) is 21.0. The fourth-order valence-corrected chi connectivity index (χ4v) is 3.95. The van der Waals surface area contributed by atoms with Gasteiger partial charge in [-0.1, -0.05) is 41.7 Å². The van der Waals surface area contributed by atoms with Crippen molar-refractivity contribution in [3.05, 3.63) is 65.1 Å². The monoisotopic (exact) mass is 351 g/mol. The minimum atomic E-state index is -0.241. The highest BCUT2D eigenvalue weighted by molar-refractivity contribution is 7.16. The van der Waals surface area contributed by atoms with E-state index in [9.17, 15) is 4.79 Å². The summed E-state index contributed by atoms with van der Waals surface area (Å²) in [5, 5.41) is 0.890. The van der Waals surface area contributed by atoms with Crippen molar-refractivity contribution in [3.63, 3.8) is 0 Å². The van der Waals surface area contributed by atoms with Crippen molar-refractivity contribution in [3.8, 4) is 0 Å². The first-order valence-corrected chi connectivity index (χ1v) is 8.82. The molecular weight excluding hydrogens is 334 g/mol. The quantitative estimate of drug-likeness (QED) is 0.611. The summed E-state index contributed by atoms with van der Waals surface area (Å²) in [7, 11) is 1.67. The van der Waals surface area contributed by atoms with Crippen LogP contribution in [-0.4, -0.2) is 29.2 Å². The van der Waals surface area contributed by atoms with Gasteiger partial charge in [-0.25, -0.2) is 0 Å². The third kappa shape index (κ3) is 2.90. The number of thiazole rings is 1. The number of nitrogens with zero attached hydrogens (tertiary/aromatic N) is 2. The lowest BCUT2D eigenvalue weighted by Crippen LogP contribution is -2.19. The molecule has 4 aromatic rings. The number of H-pyrrole nitrogens is 1. The molecular formula is C19H17N3O2S. The van der Waals surface area contributed by atoms with Crippen LogP contribution in [0.4, 0.5) is 0 Å². The summed E-state index contributed by atoms with van der Waals surface area (Å²) in [6.45, 7) is 1.22. The number of nitrogens with one attached hydrogen (secondary N) is 1. The zero-order valence-corrected chi connectivity index (χ0v) is 14.5. The molecule has 0 aliphatic rings. The van der Waals surface area contributed by atoms with Crippen LogP contribution in [0.5, 0.6) is 0 Å². The number of fused-ring (bicyclic) bond motifs is 2. The zero-order chi connectivity index (χ0) is 17.2. The van der Waals surface area contributed by atoms with Crippen LogP contribution in [0.1, 0.15) is 10.4 Å².